The summed E-state index contributed by atoms with van der Waals surface area (Å²) in [5, 5.41) is 8.95. The Labute approximate surface area is 176 Å². The van der Waals surface area contributed by atoms with Gasteiger partial charge in [0.2, 0.25) is 0 Å². The fourth-order valence-corrected chi connectivity index (χ4v) is 4.15. The molecule has 1 unspecified atom stereocenters. The van der Waals surface area contributed by atoms with Crippen LogP contribution in [0.1, 0.15) is 136 Å². The van der Waals surface area contributed by atoms with Gasteiger partial charge < -0.3 is 10.0 Å². The van der Waals surface area contributed by atoms with Crippen LogP contribution in [0.15, 0.2) is 0 Å². The van der Waals surface area contributed by atoms with Crippen molar-refractivity contribution in [2.24, 2.45) is 0 Å². The van der Waals surface area contributed by atoms with Gasteiger partial charge in [-0.05, 0) is 45.2 Å². The Kier molecular flexibility index (Phi) is 20.7. The average molecular weight is 398 g/mol. The molecule has 0 fully saturated rings. The smallest absolute Gasteiger partial charge is 0.303 e. The van der Waals surface area contributed by atoms with Gasteiger partial charge in [-0.3, -0.25) is 4.79 Å². The van der Waals surface area contributed by atoms with Crippen molar-refractivity contribution in [3.63, 3.8) is 0 Å². The fourth-order valence-electron chi connectivity index (χ4n) is 4.15. The predicted octanol–water partition coefficient (Wildman–Crippen LogP) is 7.82. The molecule has 3 heteroatoms. The zero-order chi connectivity index (χ0) is 20.9. The third-order valence-corrected chi connectivity index (χ3v) is 6.01. The second-order valence-corrected chi connectivity index (χ2v) is 8.63. The van der Waals surface area contributed by atoms with E-state index in [-0.39, 0.29) is 0 Å². The van der Waals surface area contributed by atoms with Crippen LogP contribution in [0.4, 0.5) is 0 Å². The van der Waals surface area contributed by atoms with Crippen LogP contribution in [-0.2, 0) is 4.79 Å². The Morgan fingerprint density at radius 1 is 0.679 bits per heavy atom. The van der Waals surface area contributed by atoms with E-state index in [0.717, 1.165) is 19.3 Å². The maximum absolute atomic E-state index is 10.9. The van der Waals surface area contributed by atoms with Crippen molar-refractivity contribution < 1.29 is 9.90 Å². The standard InChI is InChI=1S/C25H51NO2/c1-4-7-9-11-13-15-17-22-26(23-18-16-14-12-10-8-5-2)24(6-3)20-19-21-25(27)28/h24H,4-23H2,1-3H3,(H,27,28). The first-order chi connectivity index (χ1) is 13.7. The molecule has 0 radical (unpaired) electrons. The molecule has 0 aliphatic rings. The summed E-state index contributed by atoms with van der Waals surface area (Å²) >= 11 is 0. The Hall–Kier alpha value is -0.570. The van der Waals surface area contributed by atoms with Gasteiger partial charge in [-0.2, -0.15) is 0 Å². The topological polar surface area (TPSA) is 40.5 Å². The Balaban J connectivity index is 4.20. The first kappa shape index (κ1) is 27.4. The van der Waals surface area contributed by atoms with Crippen molar-refractivity contribution in [3.8, 4) is 0 Å². The van der Waals surface area contributed by atoms with Crippen molar-refractivity contribution in [1.82, 2.24) is 4.90 Å². The van der Waals surface area contributed by atoms with Crippen LogP contribution in [0.2, 0.25) is 0 Å². The SMILES string of the molecule is CCCCCCCCCN(CCCCCCCCC)C(CC)CCCC(=O)O. The lowest BCUT2D eigenvalue weighted by atomic mass is 10.0. The monoisotopic (exact) mass is 397 g/mol. The highest BCUT2D eigenvalue weighted by atomic mass is 16.4. The first-order valence-electron chi connectivity index (χ1n) is 12.6. The summed E-state index contributed by atoms with van der Waals surface area (Å²) in [5.41, 5.74) is 0. The van der Waals surface area contributed by atoms with Gasteiger partial charge in [0, 0.05) is 12.5 Å². The maximum Gasteiger partial charge on any atom is 0.303 e. The van der Waals surface area contributed by atoms with Crippen LogP contribution in [0.3, 0.4) is 0 Å². The van der Waals surface area contributed by atoms with Crippen molar-refractivity contribution in [1.29, 1.82) is 0 Å². The molecule has 0 bridgehead atoms. The van der Waals surface area contributed by atoms with Gasteiger partial charge in [0.1, 0.15) is 0 Å². The number of hydrogen-bond donors (Lipinski definition) is 1. The lowest BCUT2D eigenvalue weighted by Crippen LogP contribution is -2.36. The molecular formula is C25H51NO2. The number of hydrogen-bond acceptors (Lipinski definition) is 2. The molecule has 168 valence electrons. The van der Waals surface area contributed by atoms with Crippen LogP contribution >= 0.6 is 0 Å². The molecule has 0 aromatic carbocycles. The number of unbranched alkanes of at least 4 members (excludes halogenated alkanes) is 12. The first-order valence-corrected chi connectivity index (χ1v) is 12.6. The number of nitrogens with zero attached hydrogens (tertiary/aromatic N) is 1. The van der Waals surface area contributed by atoms with E-state index in [0.29, 0.717) is 12.5 Å². The Bertz CT molecular complexity index is 315. The molecule has 0 aliphatic heterocycles. The quantitative estimate of drug-likeness (QED) is 0.189. The highest BCUT2D eigenvalue weighted by Gasteiger charge is 2.16. The van der Waals surface area contributed by atoms with Gasteiger partial charge in [-0.25, -0.2) is 0 Å². The summed E-state index contributed by atoms with van der Waals surface area (Å²) in [6.07, 6.45) is 22.3. The van der Waals surface area contributed by atoms with E-state index >= 15 is 0 Å². The van der Waals surface area contributed by atoms with Gasteiger partial charge in [0.15, 0.2) is 0 Å². The minimum Gasteiger partial charge on any atom is -0.481 e. The third kappa shape index (κ3) is 17.5. The number of carboxylic acid groups (broad SMARTS) is 1. The second kappa shape index (κ2) is 21.1. The molecule has 0 amide bonds. The lowest BCUT2D eigenvalue weighted by molar-refractivity contribution is -0.137. The predicted molar refractivity (Wildman–Crippen MR) is 123 cm³/mol. The van der Waals surface area contributed by atoms with Crippen LogP contribution in [0.25, 0.3) is 0 Å². The summed E-state index contributed by atoms with van der Waals surface area (Å²) in [5.74, 6) is -0.652. The Morgan fingerprint density at radius 2 is 1.11 bits per heavy atom. The average Bonchev–Trinajstić information content (AvgIpc) is 2.68. The molecule has 0 aromatic rings. The zero-order valence-corrected chi connectivity index (χ0v) is 19.5. The fraction of sp³-hybridized carbons (Fsp3) is 0.960. The molecule has 1 atom stereocenters. The van der Waals surface area contributed by atoms with Crippen LogP contribution < -0.4 is 0 Å². The summed E-state index contributed by atoms with van der Waals surface area (Å²) in [6, 6.07) is 0.569. The minimum absolute atomic E-state index is 0.319. The molecule has 0 rings (SSSR count). The third-order valence-electron chi connectivity index (χ3n) is 6.01. The highest BCUT2D eigenvalue weighted by molar-refractivity contribution is 5.66. The number of carboxylic acids is 1. The van der Waals surface area contributed by atoms with E-state index in [4.69, 9.17) is 5.11 Å². The van der Waals surface area contributed by atoms with Gasteiger partial charge in [-0.15, -0.1) is 0 Å². The normalized spacial score (nSPS) is 12.6. The van der Waals surface area contributed by atoms with E-state index in [2.05, 4.69) is 25.7 Å². The van der Waals surface area contributed by atoms with Gasteiger partial charge >= 0.3 is 5.97 Å². The van der Waals surface area contributed by atoms with Crippen LogP contribution in [-0.4, -0.2) is 35.1 Å². The number of carbonyl (C=O) groups is 1. The van der Waals surface area contributed by atoms with Crippen molar-refractivity contribution in [3.05, 3.63) is 0 Å². The van der Waals surface area contributed by atoms with E-state index in [1.165, 1.54) is 103 Å². The van der Waals surface area contributed by atoms with E-state index in [9.17, 15) is 4.79 Å². The molecule has 1 N–H and O–H groups in total. The van der Waals surface area contributed by atoms with Gasteiger partial charge in [-0.1, -0.05) is 97.8 Å². The van der Waals surface area contributed by atoms with Crippen LogP contribution in [0, 0.1) is 0 Å². The van der Waals surface area contributed by atoms with E-state index in [1.807, 2.05) is 0 Å². The van der Waals surface area contributed by atoms with E-state index < -0.39 is 5.97 Å². The second-order valence-electron chi connectivity index (χ2n) is 8.63. The molecular weight excluding hydrogens is 346 g/mol. The van der Waals surface area contributed by atoms with Gasteiger partial charge in [0.25, 0.3) is 0 Å². The molecule has 0 heterocycles. The summed E-state index contributed by atoms with van der Waals surface area (Å²) in [4.78, 5) is 13.6. The number of aliphatic carboxylic acids is 1. The molecule has 0 aromatic heterocycles. The molecule has 0 spiro atoms. The molecule has 0 saturated heterocycles. The zero-order valence-electron chi connectivity index (χ0n) is 19.5. The van der Waals surface area contributed by atoms with Crippen LogP contribution in [0.5, 0.6) is 0 Å². The Morgan fingerprint density at radius 3 is 1.50 bits per heavy atom. The number of rotatable bonds is 22. The molecule has 0 aliphatic carbocycles. The van der Waals surface area contributed by atoms with Crippen molar-refractivity contribution in [2.45, 2.75) is 142 Å². The molecule has 28 heavy (non-hydrogen) atoms. The highest BCUT2D eigenvalue weighted by Crippen LogP contribution is 2.17. The summed E-state index contributed by atoms with van der Waals surface area (Å²) in [7, 11) is 0. The minimum atomic E-state index is -0.652. The lowest BCUT2D eigenvalue weighted by Gasteiger charge is -2.31. The summed E-state index contributed by atoms with van der Waals surface area (Å²) in [6.45, 7) is 9.23. The largest absolute Gasteiger partial charge is 0.481 e. The maximum atomic E-state index is 10.9. The van der Waals surface area contributed by atoms with Gasteiger partial charge in [0.05, 0.1) is 0 Å². The molecule has 0 saturated carbocycles. The summed E-state index contributed by atoms with van der Waals surface area (Å²) < 4.78 is 0. The van der Waals surface area contributed by atoms with Crippen molar-refractivity contribution >= 4 is 5.97 Å². The molecule has 3 nitrogen and oxygen atoms in total. The van der Waals surface area contributed by atoms with Crippen molar-refractivity contribution in [2.75, 3.05) is 13.1 Å². The van der Waals surface area contributed by atoms with E-state index in [1.54, 1.807) is 0 Å².